The SMILES string of the molecule is COc1cc(/C=C2\SC(=Nc3ccc(Cl)cc3)NC2=O)cc(I)c1OCc1ccc(Br)cc1. The highest BCUT2D eigenvalue weighted by molar-refractivity contribution is 14.1. The molecule has 3 aromatic carbocycles. The van der Waals surface area contributed by atoms with Gasteiger partial charge in [-0.05, 0) is 100 Å². The number of aliphatic imine (C=N–C) groups is 1. The van der Waals surface area contributed by atoms with Gasteiger partial charge in [-0.2, -0.15) is 0 Å². The monoisotopic (exact) mass is 654 g/mol. The van der Waals surface area contributed by atoms with E-state index in [1.165, 1.54) is 11.8 Å². The Morgan fingerprint density at radius 1 is 1.15 bits per heavy atom. The van der Waals surface area contributed by atoms with E-state index in [-0.39, 0.29) is 5.91 Å². The first-order chi connectivity index (χ1) is 15.9. The fourth-order valence-electron chi connectivity index (χ4n) is 2.96. The Kier molecular flexibility index (Phi) is 8.00. The summed E-state index contributed by atoms with van der Waals surface area (Å²) in [7, 11) is 1.60. The van der Waals surface area contributed by atoms with Gasteiger partial charge in [0.1, 0.15) is 6.61 Å². The average Bonchev–Trinajstić information content (AvgIpc) is 3.13. The molecule has 0 radical (unpaired) electrons. The number of carbonyl (C=O) groups excluding carboxylic acids is 1. The first kappa shape index (κ1) is 24.1. The number of rotatable bonds is 6. The molecular weight excluding hydrogens is 639 g/mol. The van der Waals surface area contributed by atoms with E-state index in [4.69, 9.17) is 21.1 Å². The smallest absolute Gasteiger partial charge is 0.264 e. The quantitative estimate of drug-likeness (QED) is 0.226. The average molecular weight is 656 g/mol. The van der Waals surface area contributed by atoms with Crippen molar-refractivity contribution in [3.05, 3.63) is 89.8 Å². The van der Waals surface area contributed by atoms with E-state index in [1.807, 2.05) is 42.5 Å². The molecule has 33 heavy (non-hydrogen) atoms. The maximum Gasteiger partial charge on any atom is 0.264 e. The van der Waals surface area contributed by atoms with E-state index < -0.39 is 0 Å². The van der Waals surface area contributed by atoms with Crippen molar-refractivity contribution in [2.24, 2.45) is 4.99 Å². The molecule has 1 N–H and O–H groups in total. The second-order valence-electron chi connectivity index (χ2n) is 6.91. The predicted octanol–water partition coefficient (Wildman–Crippen LogP) is 7.19. The van der Waals surface area contributed by atoms with Crippen LogP contribution in [0.2, 0.25) is 5.02 Å². The molecule has 0 bridgehead atoms. The third-order valence-electron chi connectivity index (χ3n) is 4.55. The lowest BCUT2D eigenvalue weighted by Crippen LogP contribution is -2.19. The van der Waals surface area contributed by atoms with Crippen molar-refractivity contribution in [2.75, 3.05) is 7.11 Å². The zero-order valence-electron chi connectivity index (χ0n) is 17.3. The Morgan fingerprint density at radius 3 is 2.58 bits per heavy atom. The van der Waals surface area contributed by atoms with Gasteiger partial charge in [0.25, 0.3) is 5.91 Å². The summed E-state index contributed by atoms with van der Waals surface area (Å²) in [6.07, 6.45) is 1.81. The van der Waals surface area contributed by atoms with Crippen molar-refractivity contribution >= 4 is 84.7 Å². The van der Waals surface area contributed by atoms with Gasteiger partial charge in [-0.15, -0.1) is 0 Å². The maximum absolute atomic E-state index is 12.5. The van der Waals surface area contributed by atoms with Gasteiger partial charge in [0, 0.05) is 9.50 Å². The van der Waals surface area contributed by atoms with Crippen molar-refractivity contribution in [1.82, 2.24) is 5.32 Å². The molecule has 0 spiro atoms. The third-order valence-corrected chi connectivity index (χ3v) is 7.05. The minimum Gasteiger partial charge on any atom is -0.493 e. The van der Waals surface area contributed by atoms with E-state index in [0.29, 0.717) is 38.9 Å². The largest absolute Gasteiger partial charge is 0.493 e. The summed E-state index contributed by atoms with van der Waals surface area (Å²) in [6.45, 7) is 0.420. The lowest BCUT2D eigenvalue weighted by Gasteiger charge is -2.14. The van der Waals surface area contributed by atoms with Crippen LogP contribution in [0.5, 0.6) is 11.5 Å². The number of ether oxygens (including phenoxy) is 2. The van der Waals surface area contributed by atoms with Crippen LogP contribution < -0.4 is 14.8 Å². The highest BCUT2D eigenvalue weighted by atomic mass is 127. The number of thioether (sulfide) groups is 1. The van der Waals surface area contributed by atoms with Gasteiger partial charge >= 0.3 is 0 Å². The molecule has 0 aromatic heterocycles. The fourth-order valence-corrected chi connectivity index (χ4v) is 4.98. The van der Waals surface area contributed by atoms with Gasteiger partial charge in [0.05, 0.1) is 21.3 Å². The van der Waals surface area contributed by atoms with E-state index >= 15 is 0 Å². The summed E-state index contributed by atoms with van der Waals surface area (Å²) in [4.78, 5) is 17.5. The van der Waals surface area contributed by atoms with Gasteiger partial charge in [-0.25, -0.2) is 4.99 Å². The summed E-state index contributed by atoms with van der Waals surface area (Å²) in [5.74, 6) is 1.07. The molecule has 0 unspecified atom stereocenters. The Bertz CT molecular complexity index is 1250. The van der Waals surface area contributed by atoms with Crippen LogP contribution >= 0.6 is 61.9 Å². The molecule has 0 atom stereocenters. The molecule has 0 aliphatic carbocycles. The number of benzene rings is 3. The molecule has 1 aliphatic heterocycles. The van der Waals surface area contributed by atoms with Gasteiger partial charge in [-0.3, -0.25) is 4.79 Å². The molecule has 168 valence electrons. The fraction of sp³-hybridized carbons (Fsp3) is 0.0833. The molecule has 1 heterocycles. The number of nitrogens with zero attached hydrogens (tertiary/aromatic N) is 1. The van der Waals surface area contributed by atoms with Crippen LogP contribution in [0.1, 0.15) is 11.1 Å². The van der Waals surface area contributed by atoms with Crippen LogP contribution in [-0.2, 0) is 11.4 Å². The van der Waals surface area contributed by atoms with Crippen LogP contribution in [0.25, 0.3) is 6.08 Å². The van der Waals surface area contributed by atoms with E-state index in [2.05, 4.69) is 48.8 Å². The van der Waals surface area contributed by atoms with Crippen LogP contribution in [0.15, 0.2) is 75.0 Å². The number of hydrogen-bond acceptors (Lipinski definition) is 5. The van der Waals surface area contributed by atoms with Gasteiger partial charge < -0.3 is 14.8 Å². The molecule has 0 saturated carbocycles. The standard InChI is InChI=1S/C24H17BrClIN2O3S/c1-31-20-11-15(10-19(27)22(20)32-13-14-2-4-16(25)5-3-14)12-21-23(30)29-24(33-21)28-18-8-6-17(26)7-9-18/h2-12H,13H2,1H3,(H,28,29,30)/b21-12-. The number of carbonyl (C=O) groups is 1. The predicted molar refractivity (Wildman–Crippen MR) is 146 cm³/mol. The van der Waals surface area contributed by atoms with Crippen molar-refractivity contribution < 1.29 is 14.3 Å². The Labute approximate surface area is 222 Å². The maximum atomic E-state index is 12.5. The molecule has 4 rings (SSSR count). The van der Waals surface area contributed by atoms with Crippen molar-refractivity contribution in [2.45, 2.75) is 6.61 Å². The number of nitrogens with one attached hydrogen (secondary N) is 1. The molecule has 3 aromatic rings. The topological polar surface area (TPSA) is 59.9 Å². The van der Waals surface area contributed by atoms with E-state index in [0.717, 1.165) is 19.2 Å². The minimum absolute atomic E-state index is 0.197. The second kappa shape index (κ2) is 10.9. The highest BCUT2D eigenvalue weighted by Gasteiger charge is 2.24. The molecular formula is C24H17BrClIN2O3S. The van der Waals surface area contributed by atoms with Crippen molar-refractivity contribution in [3.63, 3.8) is 0 Å². The van der Waals surface area contributed by atoms with E-state index in [9.17, 15) is 4.79 Å². The summed E-state index contributed by atoms with van der Waals surface area (Å²) < 4.78 is 13.5. The van der Waals surface area contributed by atoms with Crippen molar-refractivity contribution in [1.29, 1.82) is 0 Å². The van der Waals surface area contributed by atoms with Gasteiger partial charge in [-0.1, -0.05) is 39.7 Å². The molecule has 1 amide bonds. The minimum atomic E-state index is -0.197. The molecule has 5 nitrogen and oxygen atoms in total. The Balaban J connectivity index is 1.52. The first-order valence-electron chi connectivity index (χ1n) is 9.71. The second-order valence-corrected chi connectivity index (χ2v) is 10.5. The summed E-state index contributed by atoms with van der Waals surface area (Å²) in [5, 5.41) is 3.95. The van der Waals surface area contributed by atoms with E-state index in [1.54, 1.807) is 31.4 Å². The van der Waals surface area contributed by atoms with Crippen LogP contribution in [0, 0.1) is 3.57 Å². The zero-order valence-corrected chi connectivity index (χ0v) is 22.6. The lowest BCUT2D eigenvalue weighted by molar-refractivity contribution is -0.115. The van der Waals surface area contributed by atoms with Gasteiger partial charge in [0.15, 0.2) is 16.7 Å². The van der Waals surface area contributed by atoms with Crippen molar-refractivity contribution in [3.8, 4) is 11.5 Å². The summed E-state index contributed by atoms with van der Waals surface area (Å²) in [6, 6.07) is 18.9. The number of hydrogen-bond donors (Lipinski definition) is 1. The molecule has 9 heteroatoms. The number of methoxy groups -OCH3 is 1. The Hall–Kier alpha value is -2.01. The number of amidine groups is 1. The highest BCUT2D eigenvalue weighted by Crippen LogP contribution is 2.36. The summed E-state index contributed by atoms with van der Waals surface area (Å²) in [5.41, 5.74) is 2.60. The summed E-state index contributed by atoms with van der Waals surface area (Å²) >= 11 is 12.8. The van der Waals surface area contributed by atoms with Crippen LogP contribution in [-0.4, -0.2) is 18.2 Å². The lowest BCUT2D eigenvalue weighted by atomic mass is 10.2. The number of amides is 1. The molecule has 1 aliphatic rings. The van der Waals surface area contributed by atoms with Crippen LogP contribution in [0.4, 0.5) is 5.69 Å². The molecule has 1 saturated heterocycles. The zero-order chi connectivity index (χ0) is 23.4. The number of halogens is 3. The normalized spacial score (nSPS) is 15.7. The van der Waals surface area contributed by atoms with Crippen LogP contribution in [0.3, 0.4) is 0 Å². The van der Waals surface area contributed by atoms with Gasteiger partial charge in [0.2, 0.25) is 0 Å². The first-order valence-corrected chi connectivity index (χ1v) is 12.8. The molecule has 1 fully saturated rings. The third kappa shape index (κ3) is 6.32. The Morgan fingerprint density at radius 2 is 1.88 bits per heavy atom.